The quantitative estimate of drug-likeness (QED) is 0.465. The number of fused-ring (bicyclic) bond motifs is 1. The fourth-order valence-electron chi connectivity index (χ4n) is 3.02. The zero-order chi connectivity index (χ0) is 21.8. The minimum Gasteiger partial charge on any atom is -0.493 e. The first-order valence-corrected chi connectivity index (χ1v) is 10.9. The van der Waals surface area contributed by atoms with Crippen LogP contribution in [0.5, 0.6) is 11.5 Å². The van der Waals surface area contributed by atoms with Crippen molar-refractivity contribution in [2.45, 2.75) is 10.6 Å². The molecule has 10 heteroatoms. The molecule has 2 aromatic heterocycles. The monoisotopic (exact) mass is 437 g/mol. The van der Waals surface area contributed by atoms with Crippen molar-refractivity contribution in [2.24, 2.45) is 0 Å². The molecule has 0 unspecified atom stereocenters. The van der Waals surface area contributed by atoms with Gasteiger partial charge in [0.25, 0.3) is 0 Å². The highest BCUT2D eigenvalue weighted by Crippen LogP contribution is 2.34. The lowest BCUT2D eigenvalue weighted by molar-refractivity contribution is 0.356. The molecule has 1 N–H and O–H groups in total. The minimum absolute atomic E-state index is 0.185. The minimum atomic E-state index is -3.56. The predicted octanol–water partition coefficient (Wildman–Crippen LogP) is 3.15. The van der Waals surface area contributed by atoms with Gasteiger partial charge in [-0.1, -0.05) is 0 Å². The Morgan fingerprint density at radius 1 is 0.903 bits per heavy atom. The van der Waals surface area contributed by atoms with Crippen LogP contribution in [0.1, 0.15) is 5.82 Å². The van der Waals surface area contributed by atoms with Gasteiger partial charge in [-0.2, -0.15) is 0 Å². The molecule has 0 aliphatic carbocycles. The van der Waals surface area contributed by atoms with E-state index in [0.29, 0.717) is 28.5 Å². The van der Waals surface area contributed by atoms with Crippen LogP contribution >= 0.6 is 0 Å². The number of nitrogens with one attached hydrogen (secondary N) is 1. The fourth-order valence-corrected chi connectivity index (χ4v) is 4.23. The average Bonchev–Trinajstić information content (AvgIpc) is 2.79. The molecule has 0 spiro atoms. The van der Waals surface area contributed by atoms with Gasteiger partial charge in [-0.05, 0) is 36.4 Å². The highest BCUT2D eigenvalue weighted by molar-refractivity contribution is 7.90. The lowest BCUT2D eigenvalue weighted by atomic mass is 10.2. The van der Waals surface area contributed by atoms with Crippen molar-refractivity contribution < 1.29 is 17.9 Å². The highest BCUT2D eigenvalue weighted by atomic mass is 32.2. The van der Waals surface area contributed by atoms with Gasteiger partial charge in [-0.3, -0.25) is 0 Å². The van der Waals surface area contributed by atoms with E-state index in [9.17, 15) is 8.42 Å². The second kappa shape index (κ2) is 8.52. The standard InChI is InChI=1S/C21H19N5O4S/c1-29-18-10-16-17(11-19(18)30-2)24-13-25-21(16)26-14-4-6-15(7-5-14)31(27,28)12-20-22-8-3-9-23-20/h3-11,13H,12H2,1-2H3,(H,24,25,26). The molecular formula is C21H19N5O4S. The van der Waals surface area contributed by atoms with Gasteiger partial charge < -0.3 is 14.8 Å². The van der Waals surface area contributed by atoms with E-state index in [1.807, 2.05) is 0 Å². The van der Waals surface area contributed by atoms with E-state index in [1.54, 1.807) is 44.6 Å². The maximum Gasteiger partial charge on any atom is 0.185 e. The number of ether oxygens (including phenoxy) is 2. The second-order valence-electron chi connectivity index (χ2n) is 6.52. The van der Waals surface area contributed by atoms with Crippen molar-refractivity contribution in [1.82, 2.24) is 19.9 Å². The molecule has 158 valence electrons. The molecule has 2 heterocycles. The van der Waals surface area contributed by atoms with Gasteiger partial charge in [-0.25, -0.2) is 28.4 Å². The molecule has 4 rings (SSSR count). The van der Waals surface area contributed by atoms with Gasteiger partial charge in [0.15, 0.2) is 21.3 Å². The molecule has 0 aliphatic rings. The van der Waals surface area contributed by atoms with E-state index in [4.69, 9.17) is 9.47 Å². The molecule has 0 aliphatic heterocycles. The van der Waals surface area contributed by atoms with Crippen molar-refractivity contribution in [3.8, 4) is 11.5 Å². The Balaban J connectivity index is 1.60. The van der Waals surface area contributed by atoms with Crippen LogP contribution in [0.25, 0.3) is 10.9 Å². The first-order chi connectivity index (χ1) is 15.0. The molecule has 4 aromatic rings. The molecule has 0 amide bonds. The van der Waals surface area contributed by atoms with Crippen LogP contribution in [0.4, 0.5) is 11.5 Å². The van der Waals surface area contributed by atoms with Crippen LogP contribution < -0.4 is 14.8 Å². The summed E-state index contributed by atoms with van der Waals surface area (Å²) < 4.78 is 35.9. The molecule has 0 saturated heterocycles. The summed E-state index contributed by atoms with van der Waals surface area (Å²) in [5, 5.41) is 3.93. The first-order valence-electron chi connectivity index (χ1n) is 9.22. The molecule has 2 aromatic carbocycles. The maximum absolute atomic E-state index is 12.6. The Bertz CT molecular complexity index is 1310. The van der Waals surface area contributed by atoms with Crippen LogP contribution in [0.3, 0.4) is 0 Å². The Kier molecular flexibility index (Phi) is 5.63. The summed E-state index contributed by atoms with van der Waals surface area (Å²) in [4.78, 5) is 16.7. The summed E-state index contributed by atoms with van der Waals surface area (Å²) in [6.07, 6.45) is 4.47. The lowest BCUT2D eigenvalue weighted by Gasteiger charge is -2.12. The topological polar surface area (TPSA) is 116 Å². The number of hydrogen-bond donors (Lipinski definition) is 1. The van der Waals surface area contributed by atoms with Crippen LogP contribution in [0, 0.1) is 0 Å². The zero-order valence-corrected chi connectivity index (χ0v) is 17.6. The second-order valence-corrected chi connectivity index (χ2v) is 8.51. The number of sulfone groups is 1. The van der Waals surface area contributed by atoms with Crippen molar-refractivity contribution >= 4 is 32.2 Å². The lowest BCUT2D eigenvalue weighted by Crippen LogP contribution is -2.07. The van der Waals surface area contributed by atoms with E-state index in [1.165, 1.54) is 30.9 Å². The molecule has 31 heavy (non-hydrogen) atoms. The number of nitrogens with zero attached hydrogens (tertiary/aromatic N) is 4. The summed E-state index contributed by atoms with van der Waals surface area (Å²) in [5.41, 5.74) is 1.35. The Morgan fingerprint density at radius 3 is 2.26 bits per heavy atom. The summed E-state index contributed by atoms with van der Waals surface area (Å²) in [6, 6.07) is 11.6. The summed E-state index contributed by atoms with van der Waals surface area (Å²) in [7, 11) is -0.448. The molecule has 0 atom stereocenters. The van der Waals surface area contributed by atoms with Crippen molar-refractivity contribution in [1.29, 1.82) is 0 Å². The van der Waals surface area contributed by atoms with E-state index in [2.05, 4.69) is 25.3 Å². The molecule has 0 bridgehead atoms. The number of methoxy groups -OCH3 is 2. The normalized spacial score (nSPS) is 11.3. The highest BCUT2D eigenvalue weighted by Gasteiger charge is 2.17. The Hall–Kier alpha value is -3.79. The number of rotatable bonds is 7. The van der Waals surface area contributed by atoms with Gasteiger partial charge in [0.2, 0.25) is 0 Å². The predicted molar refractivity (Wildman–Crippen MR) is 115 cm³/mol. The summed E-state index contributed by atoms with van der Waals surface area (Å²) in [5.74, 6) is 1.66. The number of aromatic nitrogens is 4. The number of anilines is 2. The third-order valence-corrected chi connectivity index (χ3v) is 6.18. The maximum atomic E-state index is 12.6. The molecular weight excluding hydrogens is 418 g/mol. The third-order valence-electron chi connectivity index (χ3n) is 4.56. The SMILES string of the molecule is COc1cc2ncnc(Nc3ccc(S(=O)(=O)Cc4ncccn4)cc3)c2cc1OC. The Labute approximate surface area is 179 Å². The first kappa shape index (κ1) is 20.5. The van der Waals surface area contributed by atoms with Gasteiger partial charge in [0.05, 0.1) is 24.6 Å². The Morgan fingerprint density at radius 2 is 1.58 bits per heavy atom. The summed E-state index contributed by atoms with van der Waals surface area (Å²) >= 11 is 0. The third kappa shape index (κ3) is 4.38. The van der Waals surface area contributed by atoms with Gasteiger partial charge in [0.1, 0.15) is 23.7 Å². The zero-order valence-electron chi connectivity index (χ0n) is 16.8. The molecule has 0 fully saturated rings. The fraction of sp³-hybridized carbons (Fsp3) is 0.143. The largest absolute Gasteiger partial charge is 0.493 e. The van der Waals surface area contributed by atoms with E-state index in [-0.39, 0.29) is 16.5 Å². The van der Waals surface area contributed by atoms with E-state index in [0.717, 1.165) is 5.39 Å². The van der Waals surface area contributed by atoms with E-state index >= 15 is 0 Å². The smallest absolute Gasteiger partial charge is 0.185 e. The molecule has 0 radical (unpaired) electrons. The van der Waals surface area contributed by atoms with E-state index < -0.39 is 9.84 Å². The van der Waals surface area contributed by atoms with Gasteiger partial charge in [0, 0.05) is 29.5 Å². The van der Waals surface area contributed by atoms with Crippen molar-refractivity contribution in [3.05, 3.63) is 67.0 Å². The molecule has 0 saturated carbocycles. The van der Waals surface area contributed by atoms with Crippen molar-refractivity contribution in [3.63, 3.8) is 0 Å². The van der Waals surface area contributed by atoms with Gasteiger partial charge in [-0.15, -0.1) is 0 Å². The number of hydrogen-bond acceptors (Lipinski definition) is 9. The van der Waals surface area contributed by atoms with Crippen LogP contribution in [-0.4, -0.2) is 42.6 Å². The van der Waals surface area contributed by atoms with Crippen LogP contribution in [0.15, 0.2) is 66.1 Å². The van der Waals surface area contributed by atoms with Crippen LogP contribution in [-0.2, 0) is 15.6 Å². The molecule has 9 nitrogen and oxygen atoms in total. The summed E-state index contributed by atoms with van der Waals surface area (Å²) in [6.45, 7) is 0. The average molecular weight is 437 g/mol. The van der Waals surface area contributed by atoms with Gasteiger partial charge >= 0.3 is 0 Å². The van der Waals surface area contributed by atoms with Crippen molar-refractivity contribution in [2.75, 3.05) is 19.5 Å². The number of benzene rings is 2. The van der Waals surface area contributed by atoms with Crippen LogP contribution in [0.2, 0.25) is 0 Å².